The highest BCUT2D eigenvalue weighted by Crippen LogP contribution is 2.47. The zero-order chi connectivity index (χ0) is 17.6. The summed E-state index contributed by atoms with van der Waals surface area (Å²) in [6.45, 7) is 4.02. The molecule has 132 valence electrons. The Morgan fingerprint density at radius 1 is 1.17 bits per heavy atom. The van der Waals surface area contributed by atoms with Gasteiger partial charge in [0.15, 0.2) is 0 Å². The molecule has 0 fully saturated rings. The minimum absolute atomic E-state index is 0.0202. The van der Waals surface area contributed by atoms with E-state index in [1.54, 1.807) is 27.0 Å². The van der Waals surface area contributed by atoms with Crippen LogP contribution in [0.25, 0.3) is 10.1 Å². The Hall–Kier alpha value is -1.40. The van der Waals surface area contributed by atoms with E-state index in [2.05, 4.69) is 0 Å². The van der Waals surface area contributed by atoms with Gasteiger partial charge in [-0.2, -0.15) is 0 Å². The maximum Gasteiger partial charge on any atom is 0.348 e. The van der Waals surface area contributed by atoms with Crippen molar-refractivity contribution < 1.29 is 27.9 Å². The van der Waals surface area contributed by atoms with E-state index in [0.717, 1.165) is 15.8 Å². The van der Waals surface area contributed by atoms with Gasteiger partial charge in [0.05, 0.1) is 26.5 Å². The van der Waals surface area contributed by atoms with Gasteiger partial charge in [0.25, 0.3) is 0 Å². The molecule has 0 amide bonds. The monoisotopic (exact) mass is 372 g/mol. The fourth-order valence-corrected chi connectivity index (χ4v) is 4.54. The largest absolute Gasteiger partial charge is 0.497 e. The summed E-state index contributed by atoms with van der Waals surface area (Å²) in [7, 11) is -1.60. The van der Waals surface area contributed by atoms with Crippen molar-refractivity contribution in [3.8, 4) is 5.75 Å². The molecule has 8 heteroatoms. The molecule has 0 aliphatic rings. The van der Waals surface area contributed by atoms with Crippen molar-refractivity contribution in [3.05, 3.63) is 29.1 Å². The Morgan fingerprint density at radius 2 is 1.88 bits per heavy atom. The van der Waals surface area contributed by atoms with E-state index < -0.39 is 13.6 Å². The molecule has 0 saturated carbocycles. The number of hydrogen-bond acceptors (Lipinski definition) is 7. The second-order valence-corrected chi connectivity index (χ2v) is 8.09. The van der Waals surface area contributed by atoms with Gasteiger partial charge in [-0.15, -0.1) is 11.3 Å². The molecule has 2 aromatic rings. The summed E-state index contributed by atoms with van der Waals surface area (Å²) in [5, 5.41) is 0.946. The van der Waals surface area contributed by atoms with Crippen LogP contribution in [0, 0.1) is 0 Å². The van der Waals surface area contributed by atoms with E-state index in [1.807, 2.05) is 18.2 Å². The lowest BCUT2D eigenvalue weighted by atomic mass is 10.2. The fourth-order valence-electron chi connectivity index (χ4n) is 2.12. The Bertz CT molecular complexity index is 731. The van der Waals surface area contributed by atoms with Crippen molar-refractivity contribution in [2.75, 3.05) is 33.1 Å². The van der Waals surface area contributed by atoms with E-state index in [9.17, 15) is 9.36 Å². The zero-order valence-electron chi connectivity index (χ0n) is 13.9. The standard InChI is InChI=1S/C16H21O6PS/c1-4-21-23(18,22-5-2)9-8-20-16(17)15-10-12-6-7-13(19-3)11-14(12)24-15/h6-7,10-11H,4-5,8-9H2,1-3H3. The first-order valence-corrected chi connectivity index (χ1v) is 10.2. The molecule has 0 saturated heterocycles. The van der Waals surface area contributed by atoms with Crippen LogP contribution in [0.5, 0.6) is 5.75 Å². The minimum atomic E-state index is -3.20. The molecular formula is C16H21O6PS. The van der Waals surface area contributed by atoms with Gasteiger partial charge in [0, 0.05) is 4.70 Å². The molecule has 0 spiro atoms. The van der Waals surface area contributed by atoms with Gasteiger partial charge in [-0.05, 0) is 43.5 Å². The van der Waals surface area contributed by atoms with Crippen LogP contribution in [0.4, 0.5) is 0 Å². The van der Waals surface area contributed by atoms with Crippen LogP contribution < -0.4 is 4.74 Å². The molecule has 24 heavy (non-hydrogen) atoms. The van der Waals surface area contributed by atoms with E-state index >= 15 is 0 Å². The number of methoxy groups -OCH3 is 1. The molecule has 1 aromatic carbocycles. The number of hydrogen-bond donors (Lipinski definition) is 0. The molecule has 0 aliphatic heterocycles. The molecule has 1 heterocycles. The van der Waals surface area contributed by atoms with Crippen molar-refractivity contribution in [1.29, 1.82) is 0 Å². The molecule has 0 aliphatic carbocycles. The van der Waals surface area contributed by atoms with Gasteiger partial charge in [0.1, 0.15) is 17.2 Å². The zero-order valence-corrected chi connectivity index (χ0v) is 15.7. The number of esters is 1. The van der Waals surface area contributed by atoms with Crippen molar-refractivity contribution in [3.63, 3.8) is 0 Å². The second kappa shape index (κ2) is 8.62. The third-order valence-electron chi connectivity index (χ3n) is 3.18. The number of ether oxygens (including phenoxy) is 2. The first kappa shape index (κ1) is 18.9. The van der Waals surface area contributed by atoms with Gasteiger partial charge in [-0.25, -0.2) is 4.79 Å². The lowest BCUT2D eigenvalue weighted by Gasteiger charge is -2.16. The number of carbonyl (C=O) groups excluding carboxylic acids is 1. The second-order valence-electron chi connectivity index (χ2n) is 4.82. The average Bonchev–Trinajstić information content (AvgIpc) is 2.98. The lowest BCUT2D eigenvalue weighted by Crippen LogP contribution is -2.10. The van der Waals surface area contributed by atoms with Crippen LogP contribution >= 0.6 is 18.9 Å². The summed E-state index contributed by atoms with van der Waals surface area (Å²) in [5.74, 6) is 0.286. The predicted octanol–water partition coefficient (Wildman–Crippen LogP) is 4.33. The third kappa shape index (κ3) is 4.80. The highest BCUT2D eigenvalue weighted by atomic mass is 32.1. The smallest absolute Gasteiger partial charge is 0.348 e. The quantitative estimate of drug-likeness (QED) is 0.482. The maximum absolute atomic E-state index is 12.3. The lowest BCUT2D eigenvalue weighted by molar-refractivity contribution is 0.0528. The van der Waals surface area contributed by atoms with E-state index in [1.165, 1.54) is 11.3 Å². The summed E-state index contributed by atoms with van der Waals surface area (Å²) in [6, 6.07) is 7.37. The van der Waals surface area contributed by atoms with Crippen molar-refractivity contribution in [2.45, 2.75) is 13.8 Å². The highest BCUT2D eigenvalue weighted by Gasteiger charge is 2.24. The maximum atomic E-state index is 12.3. The van der Waals surface area contributed by atoms with Gasteiger partial charge < -0.3 is 18.5 Å². The minimum Gasteiger partial charge on any atom is -0.497 e. The first-order chi connectivity index (χ1) is 11.5. The van der Waals surface area contributed by atoms with E-state index in [0.29, 0.717) is 4.88 Å². The van der Waals surface area contributed by atoms with Crippen LogP contribution in [0.2, 0.25) is 0 Å². The predicted molar refractivity (Wildman–Crippen MR) is 94.4 cm³/mol. The number of thiophene rings is 1. The first-order valence-electron chi connectivity index (χ1n) is 7.64. The summed E-state index contributed by atoms with van der Waals surface area (Å²) in [5.41, 5.74) is 0. The van der Waals surface area contributed by atoms with Crippen molar-refractivity contribution in [2.24, 2.45) is 0 Å². The topological polar surface area (TPSA) is 71.1 Å². The summed E-state index contributed by atoms with van der Waals surface area (Å²) in [6.07, 6.45) is 0.0408. The fraction of sp³-hybridized carbons (Fsp3) is 0.438. The molecule has 0 atom stereocenters. The van der Waals surface area contributed by atoms with Crippen molar-refractivity contribution >= 4 is 35.0 Å². The van der Waals surface area contributed by atoms with Crippen LogP contribution in [0.1, 0.15) is 23.5 Å². The summed E-state index contributed by atoms with van der Waals surface area (Å²) >= 11 is 1.33. The average molecular weight is 372 g/mol. The number of carbonyl (C=O) groups is 1. The van der Waals surface area contributed by atoms with Gasteiger partial charge in [-0.3, -0.25) is 4.57 Å². The molecule has 0 bridgehead atoms. The van der Waals surface area contributed by atoms with E-state index in [4.69, 9.17) is 18.5 Å². The Morgan fingerprint density at radius 3 is 2.50 bits per heavy atom. The van der Waals surface area contributed by atoms with Crippen LogP contribution in [-0.4, -0.2) is 39.1 Å². The third-order valence-corrected chi connectivity index (χ3v) is 6.29. The summed E-state index contributed by atoms with van der Waals surface area (Å²) in [4.78, 5) is 12.6. The molecular weight excluding hydrogens is 351 g/mol. The number of rotatable bonds is 9. The Kier molecular flexibility index (Phi) is 6.80. The highest BCUT2D eigenvalue weighted by molar-refractivity contribution is 7.53. The van der Waals surface area contributed by atoms with Crippen LogP contribution in [-0.2, 0) is 18.3 Å². The van der Waals surface area contributed by atoms with Crippen LogP contribution in [0.3, 0.4) is 0 Å². The molecule has 0 N–H and O–H groups in total. The number of fused-ring (bicyclic) bond motifs is 1. The molecule has 0 radical (unpaired) electrons. The molecule has 2 rings (SSSR count). The van der Waals surface area contributed by atoms with Gasteiger partial charge >= 0.3 is 13.6 Å². The summed E-state index contributed by atoms with van der Waals surface area (Å²) < 4.78 is 33.9. The SMILES string of the molecule is CCOP(=O)(CCOC(=O)c1cc2ccc(OC)cc2s1)OCC. The van der Waals surface area contributed by atoms with Crippen LogP contribution in [0.15, 0.2) is 24.3 Å². The molecule has 1 aromatic heterocycles. The van der Waals surface area contributed by atoms with Gasteiger partial charge in [-0.1, -0.05) is 0 Å². The Balaban J connectivity index is 1.98. The molecule has 0 unspecified atom stereocenters. The number of benzene rings is 1. The van der Waals surface area contributed by atoms with Gasteiger partial charge in [0.2, 0.25) is 0 Å². The van der Waals surface area contributed by atoms with Crippen molar-refractivity contribution in [1.82, 2.24) is 0 Å². The van der Waals surface area contributed by atoms with E-state index in [-0.39, 0.29) is 26.0 Å². The Labute approximate surface area is 145 Å². The molecule has 6 nitrogen and oxygen atoms in total. The normalized spacial score (nSPS) is 11.6.